The minimum atomic E-state index is -0.239. The van der Waals surface area contributed by atoms with Crippen molar-refractivity contribution in [3.63, 3.8) is 0 Å². The van der Waals surface area contributed by atoms with Gasteiger partial charge in [0, 0.05) is 12.5 Å². The van der Waals surface area contributed by atoms with Crippen LogP contribution in [0.4, 0.5) is 0 Å². The maximum Gasteiger partial charge on any atom is 0.271 e. The van der Waals surface area contributed by atoms with Gasteiger partial charge in [-0.25, -0.2) is 4.98 Å². The number of thiazole rings is 1. The van der Waals surface area contributed by atoms with Crippen LogP contribution in [0, 0.1) is 0 Å². The van der Waals surface area contributed by atoms with Crippen molar-refractivity contribution in [2.24, 2.45) is 0 Å². The first-order chi connectivity index (χ1) is 12.3. The molecular weight excluding hydrogens is 340 g/mol. The van der Waals surface area contributed by atoms with Gasteiger partial charge < -0.3 is 19.2 Å². The predicted octanol–water partition coefficient (Wildman–Crippen LogP) is 3.36. The smallest absolute Gasteiger partial charge is 0.271 e. The first-order valence-corrected chi connectivity index (χ1v) is 8.63. The van der Waals surface area contributed by atoms with Gasteiger partial charge in [-0.2, -0.15) is 0 Å². The molecule has 0 aliphatic carbocycles. The number of amides is 1. The Morgan fingerprint density at radius 1 is 1.24 bits per heavy atom. The Hall–Kier alpha value is -2.64. The molecule has 6 nitrogen and oxygen atoms in total. The molecular formula is C18H18N2O4S. The van der Waals surface area contributed by atoms with Gasteiger partial charge in [0.15, 0.2) is 0 Å². The number of methoxy groups -OCH3 is 1. The molecule has 0 saturated carbocycles. The van der Waals surface area contributed by atoms with Crippen LogP contribution < -0.4 is 10.1 Å². The predicted molar refractivity (Wildman–Crippen MR) is 94.8 cm³/mol. The lowest BCUT2D eigenvalue weighted by atomic mass is 10.2. The second-order valence-corrected chi connectivity index (χ2v) is 6.00. The first-order valence-electron chi connectivity index (χ1n) is 7.75. The number of para-hydroxylation sites is 1. The van der Waals surface area contributed by atoms with Crippen molar-refractivity contribution in [1.29, 1.82) is 0 Å². The number of rotatable bonds is 8. The van der Waals surface area contributed by atoms with Crippen LogP contribution in [0.3, 0.4) is 0 Å². The zero-order valence-corrected chi connectivity index (χ0v) is 14.5. The highest BCUT2D eigenvalue weighted by molar-refractivity contribution is 7.13. The number of ether oxygens (including phenoxy) is 2. The normalized spacial score (nSPS) is 10.6. The summed E-state index contributed by atoms with van der Waals surface area (Å²) in [4.78, 5) is 16.7. The summed E-state index contributed by atoms with van der Waals surface area (Å²) in [5.41, 5.74) is 1.23. The maximum absolute atomic E-state index is 12.2. The third-order valence-corrected chi connectivity index (χ3v) is 4.28. The lowest BCUT2D eigenvalue weighted by Crippen LogP contribution is -2.22. The summed E-state index contributed by atoms with van der Waals surface area (Å²) in [5, 5.41) is 5.25. The molecule has 0 aliphatic heterocycles. The molecule has 2 heterocycles. The highest BCUT2D eigenvalue weighted by atomic mass is 32.1. The van der Waals surface area contributed by atoms with Crippen molar-refractivity contribution in [3.05, 3.63) is 59.5 Å². The van der Waals surface area contributed by atoms with E-state index >= 15 is 0 Å². The largest absolute Gasteiger partial charge is 0.490 e. The third kappa shape index (κ3) is 4.46. The number of carbonyl (C=O) groups excluding carboxylic acids is 1. The Morgan fingerprint density at radius 3 is 2.92 bits per heavy atom. The van der Waals surface area contributed by atoms with Crippen LogP contribution in [-0.4, -0.2) is 31.2 Å². The van der Waals surface area contributed by atoms with Gasteiger partial charge in [0.05, 0.1) is 25.0 Å². The fraction of sp³-hybridized carbons (Fsp3) is 0.222. The SMILES string of the molecule is COCCOc1ccccc1-c1nc(C(=O)NCc2ccco2)cs1. The zero-order valence-electron chi connectivity index (χ0n) is 13.7. The van der Waals surface area contributed by atoms with Gasteiger partial charge in [-0.05, 0) is 24.3 Å². The van der Waals surface area contributed by atoms with Crippen molar-refractivity contribution in [1.82, 2.24) is 10.3 Å². The number of furan rings is 1. The van der Waals surface area contributed by atoms with E-state index in [9.17, 15) is 4.79 Å². The second-order valence-electron chi connectivity index (χ2n) is 5.14. The quantitative estimate of drug-likeness (QED) is 0.625. The number of hydrogen-bond acceptors (Lipinski definition) is 6. The molecule has 0 atom stereocenters. The molecule has 3 rings (SSSR count). The van der Waals surface area contributed by atoms with Gasteiger partial charge in [0.2, 0.25) is 0 Å². The monoisotopic (exact) mass is 358 g/mol. The Balaban J connectivity index is 1.69. The number of aromatic nitrogens is 1. The van der Waals surface area contributed by atoms with Crippen molar-refractivity contribution in [2.75, 3.05) is 20.3 Å². The standard InChI is InChI=1S/C18H18N2O4S/c1-22-9-10-24-16-7-3-2-6-14(16)18-20-15(12-25-18)17(21)19-11-13-5-4-8-23-13/h2-8,12H,9-11H2,1H3,(H,19,21). The molecule has 0 radical (unpaired) electrons. The van der Waals surface area contributed by atoms with Crippen molar-refractivity contribution in [2.45, 2.75) is 6.54 Å². The Bertz CT molecular complexity index is 814. The molecule has 0 spiro atoms. The Morgan fingerprint density at radius 2 is 2.12 bits per heavy atom. The van der Waals surface area contributed by atoms with Gasteiger partial charge in [0.25, 0.3) is 5.91 Å². The van der Waals surface area contributed by atoms with Crippen molar-refractivity contribution >= 4 is 17.2 Å². The lowest BCUT2D eigenvalue weighted by molar-refractivity contribution is 0.0944. The summed E-state index contributed by atoms with van der Waals surface area (Å²) in [6.45, 7) is 1.29. The summed E-state index contributed by atoms with van der Waals surface area (Å²) in [7, 11) is 1.63. The van der Waals surface area contributed by atoms with Crippen molar-refractivity contribution < 1.29 is 18.7 Å². The number of hydrogen-bond donors (Lipinski definition) is 1. The van der Waals surface area contributed by atoms with E-state index in [0.29, 0.717) is 31.2 Å². The summed E-state index contributed by atoms with van der Waals surface area (Å²) in [6.07, 6.45) is 1.57. The molecule has 0 fully saturated rings. The van der Waals surface area contributed by atoms with E-state index in [1.807, 2.05) is 24.3 Å². The highest BCUT2D eigenvalue weighted by Gasteiger charge is 2.14. The molecule has 2 aromatic heterocycles. The highest BCUT2D eigenvalue weighted by Crippen LogP contribution is 2.32. The van der Waals surface area contributed by atoms with Gasteiger partial charge in [-0.15, -0.1) is 11.3 Å². The van der Waals surface area contributed by atoms with Crippen LogP contribution in [0.2, 0.25) is 0 Å². The minimum Gasteiger partial charge on any atom is -0.490 e. The second kappa shape index (κ2) is 8.46. The maximum atomic E-state index is 12.2. The summed E-state index contributed by atoms with van der Waals surface area (Å²) in [5.74, 6) is 1.17. The summed E-state index contributed by atoms with van der Waals surface area (Å²) in [6, 6.07) is 11.2. The molecule has 0 bridgehead atoms. The molecule has 3 aromatic rings. The Kier molecular flexibility index (Phi) is 5.81. The van der Waals surface area contributed by atoms with E-state index in [-0.39, 0.29) is 5.91 Å². The number of carbonyl (C=O) groups is 1. The van der Waals surface area contributed by atoms with Crippen molar-refractivity contribution in [3.8, 4) is 16.3 Å². The van der Waals surface area contributed by atoms with E-state index in [2.05, 4.69) is 10.3 Å². The van der Waals surface area contributed by atoms with Gasteiger partial charge >= 0.3 is 0 Å². The van der Waals surface area contributed by atoms with E-state index in [0.717, 1.165) is 16.3 Å². The zero-order chi connectivity index (χ0) is 17.5. The summed E-state index contributed by atoms with van der Waals surface area (Å²) < 4.78 is 15.9. The fourth-order valence-electron chi connectivity index (χ4n) is 2.18. The van der Waals surface area contributed by atoms with Crippen LogP contribution in [0.25, 0.3) is 10.6 Å². The molecule has 1 amide bonds. The Labute approximate surface area is 149 Å². The van der Waals surface area contributed by atoms with E-state index in [4.69, 9.17) is 13.9 Å². The van der Waals surface area contributed by atoms with E-state index < -0.39 is 0 Å². The minimum absolute atomic E-state index is 0.239. The third-order valence-electron chi connectivity index (χ3n) is 3.40. The summed E-state index contributed by atoms with van der Waals surface area (Å²) >= 11 is 1.40. The molecule has 130 valence electrons. The molecule has 1 aromatic carbocycles. The topological polar surface area (TPSA) is 73.6 Å². The molecule has 0 saturated heterocycles. The average Bonchev–Trinajstić information content (AvgIpc) is 3.32. The number of nitrogens with one attached hydrogen (secondary N) is 1. The fourth-order valence-corrected chi connectivity index (χ4v) is 3.01. The van der Waals surface area contributed by atoms with Gasteiger partial charge in [0.1, 0.15) is 28.8 Å². The number of benzene rings is 1. The van der Waals surface area contributed by atoms with Crippen LogP contribution >= 0.6 is 11.3 Å². The molecule has 25 heavy (non-hydrogen) atoms. The van der Waals surface area contributed by atoms with Crippen LogP contribution in [0.1, 0.15) is 16.2 Å². The lowest BCUT2D eigenvalue weighted by Gasteiger charge is -2.09. The van der Waals surface area contributed by atoms with Crippen LogP contribution in [0.5, 0.6) is 5.75 Å². The molecule has 0 aliphatic rings. The molecule has 0 unspecified atom stereocenters. The van der Waals surface area contributed by atoms with Gasteiger partial charge in [-0.3, -0.25) is 4.79 Å². The molecule has 7 heteroatoms. The average molecular weight is 358 g/mol. The van der Waals surface area contributed by atoms with Crippen LogP contribution in [0.15, 0.2) is 52.5 Å². The van der Waals surface area contributed by atoms with Gasteiger partial charge in [-0.1, -0.05) is 12.1 Å². The molecule has 1 N–H and O–H groups in total. The number of nitrogens with zero attached hydrogens (tertiary/aromatic N) is 1. The first kappa shape index (κ1) is 17.2. The van der Waals surface area contributed by atoms with E-state index in [1.54, 1.807) is 30.9 Å². The van der Waals surface area contributed by atoms with Crippen LogP contribution in [-0.2, 0) is 11.3 Å². The van der Waals surface area contributed by atoms with E-state index in [1.165, 1.54) is 11.3 Å².